The SMILES string of the molecule is COCC1(NC(=O)C(=O)c2cc(C(=O)Cc3cccc(C)c3)n(C)c2)COC1. The number of rotatable bonds is 8. The van der Waals surface area contributed by atoms with Crippen LogP contribution in [-0.4, -0.2) is 54.5 Å². The summed E-state index contributed by atoms with van der Waals surface area (Å²) in [5.41, 5.74) is 1.88. The van der Waals surface area contributed by atoms with Crippen molar-refractivity contribution in [3.05, 3.63) is 58.9 Å². The van der Waals surface area contributed by atoms with Crippen LogP contribution in [0.25, 0.3) is 0 Å². The Labute approximate surface area is 163 Å². The highest BCUT2D eigenvalue weighted by molar-refractivity contribution is 6.43. The summed E-state index contributed by atoms with van der Waals surface area (Å²) in [7, 11) is 3.21. The molecule has 0 aliphatic carbocycles. The van der Waals surface area contributed by atoms with Gasteiger partial charge in [-0.2, -0.15) is 0 Å². The molecule has 0 atom stereocenters. The Morgan fingerprint density at radius 1 is 1.25 bits per heavy atom. The monoisotopic (exact) mass is 384 g/mol. The number of hydrogen-bond acceptors (Lipinski definition) is 5. The molecular weight excluding hydrogens is 360 g/mol. The van der Waals surface area contributed by atoms with Gasteiger partial charge < -0.3 is 19.4 Å². The number of aryl methyl sites for hydroxylation is 2. The van der Waals surface area contributed by atoms with E-state index in [1.165, 1.54) is 19.4 Å². The Morgan fingerprint density at radius 3 is 2.61 bits per heavy atom. The van der Waals surface area contributed by atoms with Crippen LogP contribution in [0.1, 0.15) is 32.0 Å². The van der Waals surface area contributed by atoms with Crippen molar-refractivity contribution < 1.29 is 23.9 Å². The minimum Gasteiger partial charge on any atom is -0.382 e. The first kappa shape index (κ1) is 20.0. The first-order valence-corrected chi connectivity index (χ1v) is 9.02. The van der Waals surface area contributed by atoms with Crippen LogP contribution in [0.4, 0.5) is 0 Å². The highest BCUT2D eigenvalue weighted by atomic mass is 16.5. The van der Waals surface area contributed by atoms with Crippen molar-refractivity contribution in [3.8, 4) is 0 Å². The molecular formula is C21H24N2O5. The molecule has 1 N–H and O–H groups in total. The maximum absolute atomic E-state index is 12.7. The summed E-state index contributed by atoms with van der Waals surface area (Å²) in [5.74, 6) is -1.54. The van der Waals surface area contributed by atoms with E-state index in [4.69, 9.17) is 9.47 Å². The van der Waals surface area contributed by atoms with Crippen LogP contribution < -0.4 is 5.32 Å². The van der Waals surface area contributed by atoms with E-state index in [1.807, 2.05) is 31.2 Å². The second kappa shape index (κ2) is 8.08. The lowest BCUT2D eigenvalue weighted by atomic mass is 9.98. The first-order chi connectivity index (χ1) is 13.3. The van der Waals surface area contributed by atoms with E-state index in [2.05, 4.69) is 5.32 Å². The number of carbonyl (C=O) groups is 3. The third kappa shape index (κ3) is 4.21. The van der Waals surface area contributed by atoms with Crippen molar-refractivity contribution in [3.63, 3.8) is 0 Å². The molecule has 0 unspecified atom stereocenters. The molecule has 1 aliphatic rings. The van der Waals surface area contributed by atoms with Crippen LogP contribution in [-0.2, 0) is 27.7 Å². The normalized spacial score (nSPS) is 15.0. The van der Waals surface area contributed by atoms with Crippen molar-refractivity contribution in [1.29, 1.82) is 0 Å². The number of nitrogens with one attached hydrogen (secondary N) is 1. The molecule has 0 saturated carbocycles. The Kier molecular flexibility index (Phi) is 5.76. The van der Waals surface area contributed by atoms with E-state index in [0.29, 0.717) is 18.9 Å². The van der Waals surface area contributed by atoms with E-state index in [9.17, 15) is 14.4 Å². The molecule has 1 fully saturated rings. The number of amides is 1. The zero-order chi connectivity index (χ0) is 20.3. The van der Waals surface area contributed by atoms with E-state index in [-0.39, 0.29) is 24.4 Å². The van der Waals surface area contributed by atoms with Gasteiger partial charge in [0.15, 0.2) is 5.78 Å². The predicted molar refractivity (Wildman–Crippen MR) is 103 cm³/mol. The number of ether oxygens (including phenoxy) is 2. The average molecular weight is 384 g/mol. The Morgan fingerprint density at radius 2 is 2.00 bits per heavy atom. The molecule has 7 heteroatoms. The Hall–Kier alpha value is -2.77. The molecule has 28 heavy (non-hydrogen) atoms. The highest BCUT2D eigenvalue weighted by Crippen LogP contribution is 2.18. The minimum atomic E-state index is -0.733. The molecule has 3 rings (SSSR count). The smallest absolute Gasteiger partial charge is 0.293 e. The summed E-state index contributed by atoms with van der Waals surface area (Å²) in [6.07, 6.45) is 1.74. The van der Waals surface area contributed by atoms with Gasteiger partial charge in [0, 0.05) is 32.3 Å². The summed E-state index contributed by atoms with van der Waals surface area (Å²) >= 11 is 0. The fraction of sp³-hybridized carbons (Fsp3) is 0.381. The van der Waals surface area contributed by atoms with Crippen molar-refractivity contribution >= 4 is 17.5 Å². The third-order valence-corrected chi connectivity index (χ3v) is 4.76. The van der Waals surface area contributed by atoms with Crippen LogP contribution in [0.3, 0.4) is 0 Å². The maximum Gasteiger partial charge on any atom is 0.293 e. The Bertz CT molecular complexity index is 911. The topological polar surface area (TPSA) is 86.6 Å². The van der Waals surface area contributed by atoms with Gasteiger partial charge in [0.2, 0.25) is 0 Å². The molecule has 7 nitrogen and oxygen atoms in total. The fourth-order valence-corrected chi connectivity index (χ4v) is 3.31. The number of nitrogens with zero attached hydrogens (tertiary/aromatic N) is 1. The summed E-state index contributed by atoms with van der Waals surface area (Å²) in [5, 5.41) is 2.70. The second-order valence-corrected chi connectivity index (χ2v) is 7.30. The number of hydrogen-bond donors (Lipinski definition) is 1. The van der Waals surface area contributed by atoms with Gasteiger partial charge >= 0.3 is 0 Å². The van der Waals surface area contributed by atoms with Crippen LogP contribution in [0.2, 0.25) is 0 Å². The number of aromatic nitrogens is 1. The number of Topliss-reactive ketones (excluding diaryl/α,β-unsaturated/α-hetero) is 2. The second-order valence-electron chi connectivity index (χ2n) is 7.30. The third-order valence-electron chi connectivity index (χ3n) is 4.76. The lowest BCUT2D eigenvalue weighted by Gasteiger charge is -2.41. The van der Waals surface area contributed by atoms with Gasteiger partial charge in [-0.15, -0.1) is 0 Å². The molecule has 0 radical (unpaired) electrons. The summed E-state index contributed by atoms with van der Waals surface area (Å²) < 4.78 is 11.8. The molecule has 2 aromatic rings. The average Bonchev–Trinajstić information content (AvgIpc) is 3.01. The van der Waals surface area contributed by atoms with Gasteiger partial charge in [-0.3, -0.25) is 14.4 Å². The van der Waals surface area contributed by atoms with E-state index in [0.717, 1.165) is 11.1 Å². The van der Waals surface area contributed by atoms with Crippen LogP contribution >= 0.6 is 0 Å². The molecule has 1 saturated heterocycles. The predicted octanol–water partition coefficient (Wildman–Crippen LogP) is 1.47. The minimum absolute atomic E-state index is 0.115. The number of ketones is 2. The van der Waals surface area contributed by atoms with Gasteiger partial charge in [0.25, 0.3) is 11.7 Å². The number of benzene rings is 1. The summed E-state index contributed by atoms with van der Waals surface area (Å²) in [4.78, 5) is 37.6. The van der Waals surface area contributed by atoms with Gasteiger partial charge in [-0.25, -0.2) is 0 Å². The molecule has 148 valence electrons. The molecule has 1 amide bonds. The molecule has 2 heterocycles. The van der Waals surface area contributed by atoms with Gasteiger partial charge in [0.1, 0.15) is 5.54 Å². The van der Waals surface area contributed by atoms with Gasteiger partial charge in [0.05, 0.1) is 25.5 Å². The number of methoxy groups -OCH3 is 1. The van der Waals surface area contributed by atoms with Gasteiger partial charge in [-0.05, 0) is 18.6 Å². The highest BCUT2D eigenvalue weighted by Gasteiger charge is 2.41. The van der Waals surface area contributed by atoms with E-state index >= 15 is 0 Å². The van der Waals surface area contributed by atoms with Crippen molar-refractivity contribution in [2.24, 2.45) is 7.05 Å². The fourth-order valence-electron chi connectivity index (χ4n) is 3.31. The quantitative estimate of drug-likeness (QED) is 0.550. The largest absolute Gasteiger partial charge is 0.382 e. The molecule has 0 spiro atoms. The zero-order valence-electron chi connectivity index (χ0n) is 16.3. The molecule has 1 aromatic heterocycles. The standard InChI is InChI=1S/C21H24N2O5/c1-14-5-4-6-15(7-14)8-18(24)17-9-16(10-23(17)2)19(25)20(26)22-21(11-27-3)12-28-13-21/h4-7,9-10H,8,11-13H2,1-3H3,(H,22,26). The van der Waals surface area contributed by atoms with Crippen molar-refractivity contribution in [2.75, 3.05) is 26.9 Å². The van der Waals surface area contributed by atoms with Crippen LogP contribution in [0.15, 0.2) is 36.5 Å². The Balaban J connectivity index is 1.71. The first-order valence-electron chi connectivity index (χ1n) is 9.02. The van der Waals surface area contributed by atoms with Crippen molar-refractivity contribution in [2.45, 2.75) is 18.9 Å². The summed E-state index contributed by atoms with van der Waals surface area (Å²) in [6.45, 7) is 2.83. The van der Waals surface area contributed by atoms with Crippen LogP contribution in [0.5, 0.6) is 0 Å². The van der Waals surface area contributed by atoms with Crippen LogP contribution in [0, 0.1) is 6.92 Å². The molecule has 1 aliphatic heterocycles. The lowest BCUT2D eigenvalue weighted by molar-refractivity contribution is -0.135. The van der Waals surface area contributed by atoms with E-state index in [1.54, 1.807) is 11.6 Å². The maximum atomic E-state index is 12.7. The number of carbonyl (C=O) groups excluding carboxylic acids is 3. The zero-order valence-corrected chi connectivity index (χ0v) is 16.3. The molecule has 1 aromatic carbocycles. The summed E-state index contributed by atoms with van der Waals surface area (Å²) in [6, 6.07) is 9.19. The van der Waals surface area contributed by atoms with Crippen molar-refractivity contribution in [1.82, 2.24) is 9.88 Å². The molecule has 0 bridgehead atoms. The van der Waals surface area contributed by atoms with E-state index < -0.39 is 17.2 Å². The lowest BCUT2D eigenvalue weighted by Crippen LogP contribution is -2.65. The van der Waals surface area contributed by atoms with Gasteiger partial charge in [-0.1, -0.05) is 29.8 Å².